The molecular weight excluding hydrogens is 210 g/mol. The molecule has 0 aliphatic carbocycles. The van der Waals surface area contributed by atoms with E-state index in [0.717, 1.165) is 5.69 Å². The summed E-state index contributed by atoms with van der Waals surface area (Å²) in [6.45, 7) is 4.18. The zero-order valence-electron chi connectivity index (χ0n) is 8.48. The zero-order chi connectivity index (χ0) is 10.8. The first kappa shape index (κ1) is 9.97. The number of aromatic amines is 2. The monoisotopic (exact) mass is 221 g/mol. The van der Waals surface area contributed by atoms with Crippen molar-refractivity contribution in [2.45, 2.75) is 19.8 Å². The smallest absolute Gasteiger partial charge is 0.191 e. The Hall–Kier alpha value is -1.56. The Balaban J connectivity index is 2.54. The summed E-state index contributed by atoms with van der Waals surface area (Å²) in [5.41, 5.74) is 1.04. The first-order valence-corrected chi connectivity index (χ1v) is 5.04. The molecule has 0 spiro atoms. The molecule has 2 aromatic heterocycles. The fraction of sp³-hybridized carbons (Fsp3) is 0.333. The molecule has 0 atom stereocenters. The second-order valence-corrected chi connectivity index (χ2v) is 3.93. The van der Waals surface area contributed by atoms with E-state index in [9.17, 15) is 0 Å². The molecule has 0 radical (unpaired) electrons. The first-order valence-electron chi connectivity index (χ1n) is 4.64. The second-order valence-electron chi connectivity index (χ2n) is 3.51. The summed E-state index contributed by atoms with van der Waals surface area (Å²) in [6, 6.07) is 1.86. The van der Waals surface area contributed by atoms with Crippen LogP contribution >= 0.6 is 12.2 Å². The molecular formula is C9H11N5S. The molecule has 15 heavy (non-hydrogen) atoms. The van der Waals surface area contributed by atoms with Crippen LogP contribution in [-0.2, 0) is 0 Å². The van der Waals surface area contributed by atoms with Crippen LogP contribution in [0.5, 0.6) is 0 Å². The number of H-pyrrole nitrogens is 2. The maximum Gasteiger partial charge on any atom is 0.191 e. The molecule has 2 rings (SSSR count). The molecule has 5 nitrogen and oxygen atoms in total. The Kier molecular flexibility index (Phi) is 2.59. The lowest BCUT2D eigenvalue weighted by Crippen LogP contribution is -1.98. The summed E-state index contributed by atoms with van der Waals surface area (Å²) in [5, 5.41) is 6.52. The number of aromatic nitrogens is 5. The Labute approximate surface area is 92.0 Å². The number of hydrogen-bond donors (Lipinski definition) is 2. The Morgan fingerprint density at radius 1 is 1.33 bits per heavy atom. The molecule has 78 valence electrons. The summed E-state index contributed by atoms with van der Waals surface area (Å²) in [7, 11) is 0. The molecule has 2 heterocycles. The van der Waals surface area contributed by atoms with Gasteiger partial charge in [-0.15, -0.1) is 0 Å². The third-order valence-electron chi connectivity index (χ3n) is 2.03. The molecule has 0 saturated heterocycles. The van der Waals surface area contributed by atoms with E-state index in [1.807, 2.05) is 6.07 Å². The van der Waals surface area contributed by atoms with Crippen molar-refractivity contribution in [1.29, 1.82) is 0 Å². The highest BCUT2D eigenvalue weighted by molar-refractivity contribution is 7.71. The van der Waals surface area contributed by atoms with E-state index in [1.165, 1.54) is 6.33 Å². The molecule has 0 aliphatic rings. The summed E-state index contributed by atoms with van der Waals surface area (Å²) in [6.07, 6.45) is 1.44. The van der Waals surface area contributed by atoms with E-state index in [4.69, 9.17) is 12.2 Å². The van der Waals surface area contributed by atoms with Crippen molar-refractivity contribution in [1.82, 2.24) is 25.1 Å². The maximum absolute atomic E-state index is 5.09. The van der Waals surface area contributed by atoms with Crippen molar-refractivity contribution in [3.05, 3.63) is 22.7 Å². The highest BCUT2D eigenvalue weighted by atomic mass is 32.1. The Morgan fingerprint density at radius 2 is 2.13 bits per heavy atom. The quantitative estimate of drug-likeness (QED) is 0.761. The molecule has 0 aliphatic heterocycles. The third-order valence-corrected chi connectivity index (χ3v) is 2.23. The van der Waals surface area contributed by atoms with Gasteiger partial charge in [-0.25, -0.2) is 9.97 Å². The third kappa shape index (κ3) is 2.10. The average Bonchev–Trinajstić information content (AvgIpc) is 2.69. The van der Waals surface area contributed by atoms with Crippen LogP contribution in [0.15, 0.2) is 12.4 Å². The van der Waals surface area contributed by atoms with E-state index < -0.39 is 0 Å². The van der Waals surface area contributed by atoms with Crippen LogP contribution in [0.2, 0.25) is 0 Å². The lowest BCUT2D eigenvalue weighted by molar-refractivity contribution is 0.812. The van der Waals surface area contributed by atoms with Crippen LogP contribution in [0.1, 0.15) is 25.5 Å². The van der Waals surface area contributed by atoms with Gasteiger partial charge in [-0.2, -0.15) is 5.10 Å². The lowest BCUT2D eigenvalue weighted by Gasteiger charge is -2.06. The molecule has 0 unspecified atom stereocenters. The van der Waals surface area contributed by atoms with E-state index in [-0.39, 0.29) is 0 Å². The fourth-order valence-electron chi connectivity index (χ4n) is 1.22. The van der Waals surface area contributed by atoms with Gasteiger partial charge in [0.05, 0.1) is 0 Å². The van der Waals surface area contributed by atoms with Gasteiger partial charge in [0.15, 0.2) is 11.6 Å². The highest BCUT2D eigenvalue weighted by Crippen LogP contribution is 2.14. The van der Waals surface area contributed by atoms with Gasteiger partial charge in [-0.3, -0.25) is 5.10 Å². The number of nitrogens with one attached hydrogen (secondary N) is 2. The molecule has 2 N–H and O–H groups in total. The van der Waals surface area contributed by atoms with Gasteiger partial charge in [0.25, 0.3) is 0 Å². The molecule has 6 heteroatoms. The van der Waals surface area contributed by atoms with Gasteiger partial charge in [-0.1, -0.05) is 26.1 Å². The molecule has 2 aromatic rings. The van der Waals surface area contributed by atoms with Crippen molar-refractivity contribution >= 4 is 12.2 Å². The lowest BCUT2D eigenvalue weighted by atomic mass is 10.1. The predicted octanol–water partition coefficient (Wildman–Crippen LogP) is 2.05. The summed E-state index contributed by atoms with van der Waals surface area (Å²) in [5.74, 6) is 1.60. The largest absolute Gasteiger partial charge is 0.340 e. The summed E-state index contributed by atoms with van der Waals surface area (Å²) < 4.78 is 0.559. The van der Waals surface area contributed by atoms with Crippen LogP contribution < -0.4 is 0 Å². The van der Waals surface area contributed by atoms with E-state index in [2.05, 4.69) is 39.0 Å². The standard InChI is InChI=1S/C9H11N5S/c1-5(2)6-3-7(15)13-9(12-6)8-10-4-11-14-8/h3-5H,1-2H3,(H,10,11,14)(H,12,13,15). The molecule has 0 amide bonds. The topological polar surface area (TPSA) is 70.2 Å². The van der Waals surface area contributed by atoms with Crippen LogP contribution in [0.25, 0.3) is 11.6 Å². The normalized spacial score (nSPS) is 10.9. The minimum Gasteiger partial charge on any atom is -0.340 e. The van der Waals surface area contributed by atoms with Gasteiger partial charge >= 0.3 is 0 Å². The van der Waals surface area contributed by atoms with Crippen LogP contribution in [-0.4, -0.2) is 25.1 Å². The van der Waals surface area contributed by atoms with Crippen molar-refractivity contribution in [3.8, 4) is 11.6 Å². The van der Waals surface area contributed by atoms with Gasteiger partial charge < -0.3 is 4.98 Å². The minimum atomic E-state index is 0.372. The van der Waals surface area contributed by atoms with E-state index in [0.29, 0.717) is 22.2 Å². The highest BCUT2D eigenvalue weighted by Gasteiger charge is 2.06. The Morgan fingerprint density at radius 3 is 2.73 bits per heavy atom. The number of rotatable bonds is 2. The average molecular weight is 221 g/mol. The van der Waals surface area contributed by atoms with Crippen molar-refractivity contribution in [2.24, 2.45) is 0 Å². The molecule has 0 bridgehead atoms. The van der Waals surface area contributed by atoms with Crippen molar-refractivity contribution in [2.75, 3.05) is 0 Å². The van der Waals surface area contributed by atoms with Gasteiger partial charge in [0.2, 0.25) is 0 Å². The van der Waals surface area contributed by atoms with Gasteiger partial charge in [0, 0.05) is 5.69 Å². The Bertz CT molecular complexity index is 499. The molecule has 0 aromatic carbocycles. The SMILES string of the molecule is CC(C)c1cc(=S)nc(-c2ncn[nH]2)[nH]1. The van der Waals surface area contributed by atoms with E-state index >= 15 is 0 Å². The minimum absolute atomic E-state index is 0.372. The van der Waals surface area contributed by atoms with E-state index in [1.54, 1.807) is 0 Å². The number of hydrogen-bond acceptors (Lipinski definition) is 4. The van der Waals surface area contributed by atoms with Crippen LogP contribution in [0.4, 0.5) is 0 Å². The van der Waals surface area contributed by atoms with Gasteiger partial charge in [0.1, 0.15) is 11.0 Å². The predicted molar refractivity (Wildman–Crippen MR) is 58.9 cm³/mol. The maximum atomic E-state index is 5.09. The zero-order valence-corrected chi connectivity index (χ0v) is 9.30. The first-order chi connectivity index (χ1) is 7.16. The van der Waals surface area contributed by atoms with Crippen LogP contribution in [0.3, 0.4) is 0 Å². The molecule has 0 fully saturated rings. The molecule has 0 saturated carbocycles. The summed E-state index contributed by atoms with van der Waals surface area (Å²) in [4.78, 5) is 11.4. The number of nitrogens with zero attached hydrogens (tertiary/aromatic N) is 3. The van der Waals surface area contributed by atoms with Crippen LogP contribution in [0, 0.1) is 4.64 Å². The van der Waals surface area contributed by atoms with Crippen molar-refractivity contribution in [3.63, 3.8) is 0 Å². The van der Waals surface area contributed by atoms with Crippen molar-refractivity contribution < 1.29 is 0 Å². The second kappa shape index (κ2) is 3.90. The fourth-order valence-corrected chi connectivity index (χ4v) is 1.44. The van der Waals surface area contributed by atoms with Gasteiger partial charge in [-0.05, 0) is 12.0 Å². The summed E-state index contributed by atoms with van der Waals surface area (Å²) >= 11 is 5.09.